The monoisotopic (exact) mass is 491 g/mol. The summed E-state index contributed by atoms with van der Waals surface area (Å²) in [6.45, 7) is 4.99. The molecular formula is C27H29N3O4S. The first-order chi connectivity index (χ1) is 16.8. The SMILES string of the molecule is Cc1nc(C)c(C(=O)C2=C(O)C(=O)N(CCN(C)C)C2c2ccc(OCc3ccccc3)cc2)s1. The summed E-state index contributed by atoms with van der Waals surface area (Å²) in [4.78, 5) is 35.0. The number of rotatable bonds is 9. The minimum atomic E-state index is -0.695. The van der Waals surface area contributed by atoms with Crippen molar-refractivity contribution in [2.24, 2.45) is 0 Å². The molecule has 1 aliphatic heterocycles. The molecule has 4 rings (SSSR count). The van der Waals surface area contributed by atoms with E-state index in [1.54, 1.807) is 11.8 Å². The molecule has 2 heterocycles. The topological polar surface area (TPSA) is 83.0 Å². The molecule has 1 N–H and O–H groups in total. The third-order valence-electron chi connectivity index (χ3n) is 5.89. The molecule has 3 aromatic rings. The predicted octanol–water partition coefficient (Wildman–Crippen LogP) is 4.48. The summed E-state index contributed by atoms with van der Waals surface area (Å²) in [5.41, 5.74) is 2.48. The van der Waals surface area contributed by atoms with E-state index >= 15 is 0 Å². The lowest BCUT2D eigenvalue weighted by Gasteiger charge is -2.28. The molecule has 2 aromatic carbocycles. The maximum absolute atomic E-state index is 13.6. The normalized spacial score (nSPS) is 15.9. The van der Waals surface area contributed by atoms with Crippen molar-refractivity contribution in [2.75, 3.05) is 27.2 Å². The Morgan fingerprint density at radius 1 is 1.11 bits per heavy atom. The molecule has 1 aliphatic rings. The van der Waals surface area contributed by atoms with Gasteiger partial charge in [-0.3, -0.25) is 9.59 Å². The number of amides is 1. The highest BCUT2D eigenvalue weighted by Crippen LogP contribution is 2.40. The van der Waals surface area contributed by atoms with Gasteiger partial charge in [-0.2, -0.15) is 0 Å². The van der Waals surface area contributed by atoms with Gasteiger partial charge in [-0.1, -0.05) is 42.5 Å². The highest BCUT2D eigenvalue weighted by molar-refractivity contribution is 7.14. The number of ketones is 1. The van der Waals surface area contributed by atoms with Crippen LogP contribution in [0.3, 0.4) is 0 Å². The number of thiazole rings is 1. The van der Waals surface area contributed by atoms with Gasteiger partial charge in [0.1, 0.15) is 12.4 Å². The molecular weight excluding hydrogens is 462 g/mol. The Kier molecular flexibility index (Phi) is 7.33. The van der Waals surface area contributed by atoms with Gasteiger partial charge in [0, 0.05) is 13.1 Å². The van der Waals surface area contributed by atoms with Crippen molar-refractivity contribution in [1.82, 2.24) is 14.8 Å². The van der Waals surface area contributed by atoms with Gasteiger partial charge in [0.25, 0.3) is 5.91 Å². The Labute approximate surface area is 209 Å². The van der Waals surface area contributed by atoms with Crippen molar-refractivity contribution in [3.63, 3.8) is 0 Å². The molecule has 7 nitrogen and oxygen atoms in total. The van der Waals surface area contributed by atoms with Gasteiger partial charge in [0.05, 0.1) is 27.2 Å². The Morgan fingerprint density at radius 2 is 1.80 bits per heavy atom. The number of aliphatic hydroxyl groups is 1. The fraction of sp³-hybridized carbons (Fsp3) is 0.296. The van der Waals surface area contributed by atoms with Crippen LogP contribution in [-0.4, -0.2) is 58.8 Å². The molecule has 0 spiro atoms. The maximum Gasteiger partial charge on any atom is 0.290 e. The quantitative estimate of drug-likeness (QED) is 0.445. The van der Waals surface area contributed by atoms with Gasteiger partial charge in [-0.05, 0) is 51.2 Å². The van der Waals surface area contributed by atoms with E-state index < -0.39 is 17.7 Å². The smallest absolute Gasteiger partial charge is 0.290 e. The zero-order valence-electron chi connectivity index (χ0n) is 20.3. The van der Waals surface area contributed by atoms with Gasteiger partial charge >= 0.3 is 0 Å². The summed E-state index contributed by atoms with van der Waals surface area (Å²) in [5.74, 6) is -0.713. The minimum absolute atomic E-state index is 0.0958. The number of Topliss-reactive ketones (excluding diaryl/α,β-unsaturated/α-hetero) is 1. The van der Waals surface area contributed by atoms with Gasteiger partial charge in [0.2, 0.25) is 5.78 Å². The molecule has 182 valence electrons. The van der Waals surface area contributed by atoms with Crippen LogP contribution >= 0.6 is 11.3 Å². The van der Waals surface area contributed by atoms with E-state index in [1.807, 2.05) is 80.5 Å². The molecule has 0 aliphatic carbocycles. The van der Waals surface area contributed by atoms with Crippen molar-refractivity contribution in [3.8, 4) is 5.75 Å². The molecule has 0 bridgehead atoms. The molecule has 8 heteroatoms. The average Bonchev–Trinajstić information content (AvgIpc) is 3.31. The lowest BCUT2D eigenvalue weighted by Crippen LogP contribution is -2.36. The number of hydrogen-bond donors (Lipinski definition) is 1. The fourth-order valence-corrected chi connectivity index (χ4v) is 5.00. The number of nitrogens with zero attached hydrogens (tertiary/aromatic N) is 3. The number of hydrogen-bond acceptors (Lipinski definition) is 7. The van der Waals surface area contributed by atoms with Crippen LogP contribution < -0.4 is 4.74 Å². The molecule has 35 heavy (non-hydrogen) atoms. The van der Waals surface area contributed by atoms with Crippen molar-refractivity contribution in [3.05, 3.63) is 92.6 Å². The highest BCUT2D eigenvalue weighted by Gasteiger charge is 2.44. The van der Waals surface area contributed by atoms with E-state index in [-0.39, 0.29) is 11.4 Å². The van der Waals surface area contributed by atoms with Crippen molar-refractivity contribution >= 4 is 23.0 Å². The van der Waals surface area contributed by atoms with Crippen LogP contribution in [0.5, 0.6) is 5.75 Å². The number of ether oxygens (including phenoxy) is 1. The molecule has 0 saturated carbocycles. The standard InChI is InChI=1S/C27H29N3O4S/c1-17-26(35-18(2)28-17)24(31)22-23(30(15-14-29(3)4)27(33)25(22)32)20-10-12-21(13-11-20)34-16-19-8-6-5-7-9-19/h5-13,23,32H,14-16H2,1-4H3. The number of aliphatic hydroxyl groups excluding tert-OH is 1. The molecule has 0 fully saturated rings. The van der Waals surface area contributed by atoms with Crippen LogP contribution in [0.4, 0.5) is 0 Å². The van der Waals surface area contributed by atoms with Crippen molar-refractivity contribution in [2.45, 2.75) is 26.5 Å². The summed E-state index contributed by atoms with van der Waals surface area (Å²) in [6, 6.07) is 16.5. The van der Waals surface area contributed by atoms with Crippen molar-refractivity contribution in [1.29, 1.82) is 0 Å². The Hall–Kier alpha value is -3.49. The lowest BCUT2D eigenvalue weighted by molar-refractivity contribution is -0.129. The molecule has 1 unspecified atom stereocenters. The predicted molar refractivity (Wildman–Crippen MR) is 136 cm³/mol. The first-order valence-electron chi connectivity index (χ1n) is 11.4. The number of aryl methyl sites for hydroxylation is 2. The van der Waals surface area contributed by atoms with E-state index in [2.05, 4.69) is 4.98 Å². The Bertz CT molecular complexity index is 1250. The number of carbonyl (C=O) groups excluding carboxylic acids is 2. The van der Waals surface area contributed by atoms with E-state index in [9.17, 15) is 14.7 Å². The largest absolute Gasteiger partial charge is 0.503 e. The Balaban J connectivity index is 1.65. The first kappa shape index (κ1) is 24.6. The minimum Gasteiger partial charge on any atom is -0.503 e. The summed E-state index contributed by atoms with van der Waals surface area (Å²) in [6.07, 6.45) is 0. The average molecular weight is 492 g/mol. The molecule has 0 saturated heterocycles. The summed E-state index contributed by atoms with van der Waals surface area (Å²) >= 11 is 1.27. The first-order valence-corrected chi connectivity index (χ1v) is 12.2. The van der Waals surface area contributed by atoms with E-state index in [4.69, 9.17) is 4.74 Å². The number of benzene rings is 2. The third kappa shape index (κ3) is 5.28. The van der Waals surface area contributed by atoms with Crippen LogP contribution in [0.25, 0.3) is 0 Å². The van der Waals surface area contributed by atoms with E-state index in [0.717, 1.165) is 16.1 Å². The number of aromatic nitrogens is 1. The van der Waals surface area contributed by atoms with Gasteiger partial charge in [0.15, 0.2) is 5.76 Å². The van der Waals surface area contributed by atoms with Crippen LogP contribution in [-0.2, 0) is 11.4 Å². The van der Waals surface area contributed by atoms with E-state index in [1.165, 1.54) is 11.3 Å². The van der Waals surface area contributed by atoms with Crippen LogP contribution in [0.2, 0.25) is 0 Å². The lowest BCUT2D eigenvalue weighted by atomic mass is 9.95. The van der Waals surface area contributed by atoms with Crippen LogP contribution in [0.15, 0.2) is 65.9 Å². The second-order valence-electron chi connectivity index (χ2n) is 8.79. The Morgan fingerprint density at radius 3 is 2.40 bits per heavy atom. The second kappa shape index (κ2) is 10.4. The van der Waals surface area contributed by atoms with Crippen LogP contribution in [0.1, 0.15) is 37.5 Å². The summed E-state index contributed by atoms with van der Waals surface area (Å²) in [7, 11) is 3.83. The third-order valence-corrected chi connectivity index (χ3v) is 6.96. The molecule has 1 aromatic heterocycles. The van der Waals surface area contributed by atoms with Gasteiger partial charge < -0.3 is 19.6 Å². The highest BCUT2D eigenvalue weighted by atomic mass is 32.1. The van der Waals surface area contributed by atoms with Gasteiger partial charge in [-0.25, -0.2) is 4.98 Å². The van der Waals surface area contributed by atoms with Gasteiger partial charge in [-0.15, -0.1) is 11.3 Å². The maximum atomic E-state index is 13.6. The number of carbonyl (C=O) groups is 2. The van der Waals surface area contributed by atoms with Crippen molar-refractivity contribution < 1.29 is 19.4 Å². The number of likely N-dealkylation sites (N-methyl/N-ethyl adjacent to an activating group) is 1. The fourth-order valence-electron chi connectivity index (χ4n) is 4.12. The summed E-state index contributed by atoms with van der Waals surface area (Å²) in [5, 5.41) is 11.6. The van der Waals surface area contributed by atoms with Crippen LogP contribution in [0, 0.1) is 13.8 Å². The zero-order valence-corrected chi connectivity index (χ0v) is 21.1. The summed E-state index contributed by atoms with van der Waals surface area (Å²) < 4.78 is 5.90. The zero-order chi connectivity index (χ0) is 25.1. The molecule has 1 amide bonds. The molecule has 1 atom stereocenters. The second-order valence-corrected chi connectivity index (χ2v) is 9.99. The van der Waals surface area contributed by atoms with E-state index in [0.29, 0.717) is 36.0 Å². The molecule has 0 radical (unpaired) electrons.